The van der Waals surface area contributed by atoms with Crippen molar-refractivity contribution in [3.8, 4) is 0 Å². The third-order valence-corrected chi connectivity index (χ3v) is 6.54. The number of benzene rings is 2. The van der Waals surface area contributed by atoms with Gasteiger partial charge in [-0.05, 0) is 29.8 Å². The normalized spacial score (nSPS) is 10.4. The molecule has 3 amide bonds. The van der Waals surface area contributed by atoms with Gasteiger partial charge < -0.3 is 16.0 Å². The Morgan fingerprint density at radius 1 is 1.03 bits per heavy atom. The molecule has 3 N–H and O–H groups in total. The van der Waals surface area contributed by atoms with Crippen LogP contribution in [0.1, 0.15) is 18.2 Å². The second kappa shape index (κ2) is 11.7. The van der Waals surface area contributed by atoms with E-state index >= 15 is 0 Å². The predicted molar refractivity (Wildman–Crippen MR) is 129 cm³/mol. The highest BCUT2D eigenvalue weighted by atomic mass is 35.5. The Morgan fingerprint density at radius 2 is 1.78 bits per heavy atom. The first kappa shape index (κ1) is 23.8. The largest absolute Gasteiger partial charge is 0.352 e. The maximum absolute atomic E-state index is 12.2. The van der Waals surface area contributed by atoms with Gasteiger partial charge in [0.05, 0.1) is 17.9 Å². The molecule has 0 atom stereocenters. The molecule has 2 aromatic carbocycles. The van der Waals surface area contributed by atoms with Gasteiger partial charge in [0.25, 0.3) is 0 Å². The minimum absolute atomic E-state index is 0.149. The van der Waals surface area contributed by atoms with E-state index in [1.54, 1.807) is 30.3 Å². The molecule has 32 heavy (non-hydrogen) atoms. The van der Waals surface area contributed by atoms with Gasteiger partial charge >= 0.3 is 0 Å². The van der Waals surface area contributed by atoms with E-state index in [-0.39, 0.29) is 29.9 Å². The highest BCUT2D eigenvalue weighted by Gasteiger charge is 2.11. The highest BCUT2D eigenvalue weighted by Crippen LogP contribution is 2.23. The van der Waals surface area contributed by atoms with Crippen molar-refractivity contribution in [1.29, 1.82) is 0 Å². The number of nitrogens with zero attached hydrogens (tertiary/aromatic N) is 1. The first-order chi connectivity index (χ1) is 15.4. The van der Waals surface area contributed by atoms with Gasteiger partial charge in [-0.1, -0.05) is 47.6 Å². The number of aromatic nitrogens is 1. The fourth-order valence-electron chi connectivity index (χ4n) is 2.70. The minimum Gasteiger partial charge on any atom is -0.352 e. The molecule has 3 rings (SSSR count). The fraction of sp³-hybridized carbons (Fsp3) is 0.182. The Bertz CT molecular complexity index is 1120. The van der Waals surface area contributed by atoms with E-state index in [1.807, 2.05) is 23.6 Å². The number of hydrogen-bond acceptors (Lipinski definition) is 6. The van der Waals surface area contributed by atoms with Crippen molar-refractivity contribution in [2.45, 2.75) is 24.2 Å². The molecule has 0 radical (unpaired) electrons. The fourth-order valence-corrected chi connectivity index (χ4v) is 4.55. The number of anilines is 2. The molecule has 0 saturated carbocycles. The summed E-state index contributed by atoms with van der Waals surface area (Å²) in [6.45, 7) is 1.78. The number of carbonyl (C=O) groups excluding carboxylic acids is 3. The first-order valence-electron chi connectivity index (χ1n) is 9.64. The first-order valence-corrected chi connectivity index (χ1v) is 11.9. The van der Waals surface area contributed by atoms with Crippen LogP contribution in [0.3, 0.4) is 0 Å². The Balaban J connectivity index is 1.43. The number of carbonyl (C=O) groups is 3. The van der Waals surface area contributed by atoms with Crippen molar-refractivity contribution in [3.05, 3.63) is 70.2 Å². The van der Waals surface area contributed by atoms with Crippen LogP contribution in [0.5, 0.6) is 0 Å². The predicted octanol–water partition coefficient (Wildman–Crippen LogP) is 4.34. The third kappa shape index (κ3) is 7.67. The van der Waals surface area contributed by atoms with Gasteiger partial charge in [-0.25, -0.2) is 4.98 Å². The van der Waals surface area contributed by atoms with Gasteiger partial charge in [0.1, 0.15) is 0 Å². The van der Waals surface area contributed by atoms with Crippen molar-refractivity contribution >= 4 is 63.8 Å². The molecule has 0 saturated heterocycles. The molecule has 0 aliphatic carbocycles. The van der Waals surface area contributed by atoms with Gasteiger partial charge in [0, 0.05) is 35.2 Å². The van der Waals surface area contributed by atoms with Gasteiger partial charge in [-0.15, -0.1) is 11.3 Å². The van der Waals surface area contributed by atoms with Crippen LogP contribution in [-0.2, 0) is 27.3 Å². The van der Waals surface area contributed by atoms with Gasteiger partial charge in [-0.2, -0.15) is 0 Å². The minimum atomic E-state index is -0.191. The summed E-state index contributed by atoms with van der Waals surface area (Å²) in [5.74, 6) is -0.343. The molecule has 7 nitrogen and oxygen atoms in total. The van der Waals surface area contributed by atoms with E-state index < -0.39 is 0 Å². The van der Waals surface area contributed by atoms with Crippen molar-refractivity contribution in [1.82, 2.24) is 10.3 Å². The number of thiazole rings is 1. The Hall–Kier alpha value is -2.88. The zero-order valence-corrected chi connectivity index (χ0v) is 19.6. The maximum Gasteiger partial charge on any atom is 0.234 e. The summed E-state index contributed by atoms with van der Waals surface area (Å²) < 4.78 is 0.709. The van der Waals surface area contributed by atoms with E-state index in [9.17, 15) is 14.4 Å². The number of amides is 3. The van der Waals surface area contributed by atoms with Crippen molar-refractivity contribution in [3.63, 3.8) is 0 Å². The van der Waals surface area contributed by atoms with Crippen LogP contribution in [0.15, 0.2) is 58.3 Å². The molecule has 0 bridgehead atoms. The summed E-state index contributed by atoms with van der Waals surface area (Å²) in [5.41, 5.74) is 2.71. The van der Waals surface area contributed by atoms with Gasteiger partial charge in [0.15, 0.2) is 4.34 Å². The number of halogens is 1. The van der Waals surface area contributed by atoms with E-state index in [2.05, 4.69) is 20.9 Å². The molecule has 10 heteroatoms. The average molecular weight is 489 g/mol. The number of thioether (sulfide) groups is 1. The summed E-state index contributed by atoms with van der Waals surface area (Å²) in [6.07, 6.45) is 0.156. The zero-order valence-electron chi connectivity index (χ0n) is 17.2. The molecule has 0 spiro atoms. The molecule has 1 aromatic heterocycles. The summed E-state index contributed by atoms with van der Waals surface area (Å²) in [6, 6.07) is 14.3. The second-order valence-electron chi connectivity index (χ2n) is 6.75. The van der Waals surface area contributed by atoms with Crippen LogP contribution in [0.25, 0.3) is 0 Å². The van der Waals surface area contributed by atoms with Gasteiger partial charge in [0.2, 0.25) is 17.7 Å². The number of rotatable bonds is 9. The Kier molecular flexibility index (Phi) is 8.66. The van der Waals surface area contributed by atoms with Crippen LogP contribution >= 0.6 is 34.7 Å². The summed E-state index contributed by atoms with van der Waals surface area (Å²) in [5, 5.41) is 10.7. The number of hydrogen-bond donors (Lipinski definition) is 3. The summed E-state index contributed by atoms with van der Waals surface area (Å²) in [7, 11) is 0. The van der Waals surface area contributed by atoms with Crippen molar-refractivity contribution in [2.24, 2.45) is 0 Å². The third-order valence-electron chi connectivity index (χ3n) is 4.10. The van der Waals surface area contributed by atoms with E-state index in [0.717, 1.165) is 5.56 Å². The van der Waals surface area contributed by atoms with Crippen LogP contribution in [0.4, 0.5) is 11.4 Å². The van der Waals surface area contributed by atoms with E-state index in [0.29, 0.717) is 33.0 Å². The van der Waals surface area contributed by atoms with Crippen LogP contribution < -0.4 is 16.0 Å². The lowest BCUT2D eigenvalue weighted by molar-refractivity contribution is -0.120. The van der Waals surface area contributed by atoms with Gasteiger partial charge in [-0.3, -0.25) is 14.4 Å². The molecule has 166 valence electrons. The highest BCUT2D eigenvalue weighted by molar-refractivity contribution is 8.01. The Morgan fingerprint density at radius 3 is 2.53 bits per heavy atom. The molecule has 0 fully saturated rings. The average Bonchev–Trinajstić information content (AvgIpc) is 3.19. The maximum atomic E-state index is 12.2. The monoisotopic (exact) mass is 488 g/mol. The molecular formula is C22H21ClN4O3S2. The molecule has 0 aliphatic rings. The topological polar surface area (TPSA) is 100 Å². The second-order valence-corrected chi connectivity index (χ2v) is 9.24. The summed E-state index contributed by atoms with van der Waals surface area (Å²) in [4.78, 5) is 40.0. The van der Waals surface area contributed by atoms with Crippen LogP contribution in [0.2, 0.25) is 5.02 Å². The number of nitrogens with one attached hydrogen (secondary N) is 3. The summed E-state index contributed by atoms with van der Waals surface area (Å²) >= 11 is 8.78. The van der Waals surface area contributed by atoms with E-state index in [1.165, 1.54) is 30.0 Å². The van der Waals surface area contributed by atoms with Crippen molar-refractivity contribution in [2.75, 3.05) is 16.4 Å². The SMILES string of the molecule is CC(=O)Nc1cccc(NC(=O)CSc2nc(CC(=O)NCc3ccccc3Cl)cs2)c1. The smallest absolute Gasteiger partial charge is 0.234 e. The lowest BCUT2D eigenvalue weighted by atomic mass is 10.2. The van der Waals surface area contributed by atoms with Crippen LogP contribution in [-0.4, -0.2) is 28.5 Å². The van der Waals surface area contributed by atoms with Crippen LogP contribution in [0, 0.1) is 0 Å². The molecule has 0 aliphatic heterocycles. The quantitative estimate of drug-likeness (QED) is 0.389. The molecule has 0 unspecified atom stereocenters. The standard InChI is InChI=1S/C22H21ClN4O3S2/c1-14(28)25-16-6-4-7-17(9-16)26-21(30)13-32-22-27-18(12-31-22)10-20(29)24-11-15-5-2-3-8-19(15)23/h2-9,12H,10-11,13H2,1H3,(H,24,29)(H,25,28)(H,26,30). The lowest BCUT2D eigenvalue weighted by Gasteiger charge is -2.07. The molecule has 1 heterocycles. The Labute approximate surface area is 199 Å². The van der Waals surface area contributed by atoms with Crippen molar-refractivity contribution < 1.29 is 14.4 Å². The lowest BCUT2D eigenvalue weighted by Crippen LogP contribution is -2.24. The van der Waals surface area contributed by atoms with E-state index in [4.69, 9.17) is 11.6 Å². The molecular weight excluding hydrogens is 468 g/mol. The molecule has 3 aromatic rings. The zero-order chi connectivity index (χ0) is 22.9.